The summed E-state index contributed by atoms with van der Waals surface area (Å²) in [4.78, 5) is 14.5. The maximum Gasteiger partial charge on any atom is 0.159 e. The summed E-state index contributed by atoms with van der Waals surface area (Å²) in [6.45, 7) is 9.31. The Hall–Kier alpha value is -1.51. The van der Waals surface area contributed by atoms with Crippen molar-refractivity contribution in [3.63, 3.8) is 0 Å². The van der Waals surface area contributed by atoms with Crippen molar-refractivity contribution in [1.29, 1.82) is 0 Å². The standard InChI is InChI=1S/C19H27NO2/c1-13-5-6-14(2)20(13)17-11-16(15(3)21)7-8-18-19(4,12-17)9-10-22-18/h7-8,11,13-14H,5-6,9-10,12H2,1-4H3/b16-7+,17-11+,18-8+/t13-,14-,19+/m1/s1. The number of nitrogens with zero attached hydrogens (tertiary/aromatic N) is 1. The van der Waals surface area contributed by atoms with Crippen LogP contribution in [-0.4, -0.2) is 29.4 Å². The normalized spacial score (nSPS) is 42.0. The van der Waals surface area contributed by atoms with E-state index in [4.69, 9.17) is 4.74 Å². The highest BCUT2D eigenvalue weighted by Gasteiger charge is 2.40. The molecule has 0 radical (unpaired) electrons. The summed E-state index contributed by atoms with van der Waals surface area (Å²) in [6.07, 6.45) is 10.5. The van der Waals surface area contributed by atoms with Gasteiger partial charge < -0.3 is 9.64 Å². The molecule has 3 heteroatoms. The van der Waals surface area contributed by atoms with Gasteiger partial charge in [0.15, 0.2) is 5.78 Å². The second kappa shape index (κ2) is 5.60. The molecule has 2 fully saturated rings. The van der Waals surface area contributed by atoms with E-state index in [2.05, 4.69) is 31.7 Å². The molecule has 0 spiro atoms. The van der Waals surface area contributed by atoms with Gasteiger partial charge in [0.2, 0.25) is 0 Å². The van der Waals surface area contributed by atoms with Crippen molar-refractivity contribution in [3.05, 3.63) is 35.3 Å². The van der Waals surface area contributed by atoms with E-state index in [1.54, 1.807) is 6.92 Å². The van der Waals surface area contributed by atoms with Crippen LogP contribution < -0.4 is 0 Å². The highest BCUT2D eigenvalue weighted by atomic mass is 16.5. The number of ether oxygens (including phenoxy) is 1. The van der Waals surface area contributed by atoms with E-state index in [0.29, 0.717) is 12.1 Å². The highest BCUT2D eigenvalue weighted by Crippen LogP contribution is 2.46. The molecule has 2 heterocycles. The molecule has 22 heavy (non-hydrogen) atoms. The molecule has 0 aromatic rings. The quantitative estimate of drug-likeness (QED) is 0.773. The lowest BCUT2D eigenvalue weighted by Gasteiger charge is -2.36. The zero-order valence-corrected chi connectivity index (χ0v) is 14.2. The van der Waals surface area contributed by atoms with Crippen LogP contribution in [0.4, 0.5) is 0 Å². The summed E-state index contributed by atoms with van der Waals surface area (Å²) in [7, 11) is 0. The second-order valence-corrected chi connectivity index (χ2v) is 7.36. The van der Waals surface area contributed by atoms with Crippen molar-refractivity contribution < 1.29 is 9.53 Å². The van der Waals surface area contributed by atoms with Gasteiger partial charge in [-0.3, -0.25) is 4.79 Å². The SMILES string of the molecule is CC(=O)C1=C/C=C2/OCC[C@@]2(C)C/C(N2[C@H](C)CC[C@H]2C)=C\1. The molecule has 0 unspecified atom stereocenters. The maximum atomic E-state index is 12.0. The number of fused-ring (bicyclic) bond motifs is 1. The fraction of sp³-hybridized carbons (Fsp3) is 0.632. The van der Waals surface area contributed by atoms with E-state index in [0.717, 1.165) is 30.8 Å². The van der Waals surface area contributed by atoms with Gasteiger partial charge in [-0.05, 0) is 64.7 Å². The average Bonchev–Trinajstić information content (AvgIpc) is 2.94. The Bertz CT molecular complexity index is 562. The minimum Gasteiger partial charge on any atom is -0.497 e. The summed E-state index contributed by atoms with van der Waals surface area (Å²) >= 11 is 0. The van der Waals surface area contributed by atoms with Crippen molar-refractivity contribution in [2.75, 3.05) is 6.61 Å². The molecule has 0 N–H and O–H groups in total. The summed E-state index contributed by atoms with van der Waals surface area (Å²) in [5.74, 6) is 1.16. The molecular weight excluding hydrogens is 274 g/mol. The molecule has 0 aromatic heterocycles. The van der Waals surface area contributed by atoms with Gasteiger partial charge in [-0.1, -0.05) is 6.92 Å². The highest BCUT2D eigenvalue weighted by molar-refractivity contribution is 5.96. The minimum absolute atomic E-state index is 0.0622. The molecule has 120 valence electrons. The van der Waals surface area contributed by atoms with E-state index in [-0.39, 0.29) is 11.2 Å². The number of hydrogen-bond acceptors (Lipinski definition) is 3. The predicted octanol–water partition coefficient (Wildman–Crippen LogP) is 3.97. The van der Waals surface area contributed by atoms with Gasteiger partial charge in [0.25, 0.3) is 0 Å². The molecule has 0 amide bonds. The lowest BCUT2D eigenvalue weighted by Crippen LogP contribution is -2.35. The first kappa shape index (κ1) is 15.4. The fourth-order valence-electron chi connectivity index (χ4n) is 4.10. The summed E-state index contributed by atoms with van der Waals surface area (Å²) in [6, 6.07) is 1.10. The van der Waals surface area contributed by atoms with E-state index >= 15 is 0 Å². The van der Waals surface area contributed by atoms with Crippen LogP contribution in [0.3, 0.4) is 0 Å². The van der Waals surface area contributed by atoms with Crippen LogP contribution in [0.2, 0.25) is 0 Å². The Kier molecular flexibility index (Phi) is 3.92. The minimum atomic E-state index is 0.0622. The second-order valence-electron chi connectivity index (χ2n) is 7.36. The summed E-state index contributed by atoms with van der Waals surface area (Å²) in [5, 5.41) is 0. The number of hydrogen-bond donors (Lipinski definition) is 0. The molecule has 0 aromatic carbocycles. The van der Waals surface area contributed by atoms with Crippen molar-refractivity contribution in [2.24, 2.45) is 5.41 Å². The monoisotopic (exact) mass is 301 g/mol. The molecule has 0 saturated carbocycles. The van der Waals surface area contributed by atoms with E-state index in [1.165, 1.54) is 18.5 Å². The summed E-state index contributed by atoms with van der Waals surface area (Å²) < 4.78 is 5.85. The van der Waals surface area contributed by atoms with Gasteiger partial charge in [-0.2, -0.15) is 0 Å². The Morgan fingerprint density at radius 3 is 2.59 bits per heavy atom. The van der Waals surface area contributed by atoms with Gasteiger partial charge in [0.05, 0.1) is 6.61 Å². The lowest BCUT2D eigenvalue weighted by atomic mass is 9.80. The van der Waals surface area contributed by atoms with Gasteiger partial charge in [-0.15, -0.1) is 0 Å². The number of allylic oxidation sites excluding steroid dienone is 6. The first-order chi connectivity index (χ1) is 10.4. The number of ketones is 1. The van der Waals surface area contributed by atoms with Crippen LogP contribution in [0.15, 0.2) is 35.3 Å². The van der Waals surface area contributed by atoms with Crippen LogP contribution in [0.5, 0.6) is 0 Å². The number of carbonyl (C=O) groups excluding carboxylic acids is 1. The van der Waals surface area contributed by atoms with Crippen molar-refractivity contribution >= 4 is 5.78 Å². The van der Waals surface area contributed by atoms with Crippen molar-refractivity contribution in [3.8, 4) is 0 Å². The smallest absolute Gasteiger partial charge is 0.159 e. The van der Waals surface area contributed by atoms with Crippen LogP contribution in [0.25, 0.3) is 0 Å². The first-order valence-electron chi connectivity index (χ1n) is 8.46. The summed E-state index contributed by atoms with van der Waals surface area (Å²) in [5.41, 5.74) is 2.15. The molecule has 0 bridgehead atoms. The van der Waals surface area contributed by atoms with Gasteiger partial charge in [-0.25, -0.2) is 0 Å². The van der Waals surface area contributed by atoms with Crippen LogP contribution in [-0.2, 0) is 9.53 Å². The molecule has 3 aliphatic rings. The maximum absolute atomic E-state index is 12.0. The molecule has 3 rings (SSSR count). The fourth-order valence-corrected chi connectivity index (χ4v) is 4.10. The largest absolute Gasteiger partial charge is 0.497 e. The van der Waals surface area contributed by atoms with Crippen molar-refractivity contribution in [2.45, 2.75) is 65.5 Å². The van der Waals surface area contributed by atoms with Crippen LogP contribution >= 0.6 is 0 Å². The predicted molar refractivity (Wildman–Crippen MR) is 88.2 cm³/mol. The molecule has 3 atom stereocenters. The Morgan fingerprint density at radius 2 is 1.95 bits per heavy atom. The molecule has 3 nitrogen and oxygen atoms in total. The number of rotatable bonds is 2. The lowest BCUT2D eigenvalue weighted by molar-refractivity contribution is -0.113. The Balaban J connectivity index is 2.04. The van der Waals surface area contributed by atoms with Gasteiger partial charge in [0.1, 0.15) is 5.76 Å². The number of carbonyl (C=O) groups is 1. The van der Waals surface area contributed by atoms with Crippen LogP contribution in [0.1, 0.15) is 53.4 Å². The number of Topliss-reactive ketones (excluding diaryl/α,β-unsaturated/α-hetero) is 1. The van der Waals surface area contributed by atoms with Gasteiger partial charge in [0, 0.05) is 28.8 Å². The molecular formula is C19H27NO2. The topological polar surface area (TPSA) is 29.5 Å². The van der Waals surface area contributed by atoms with E-state index in [1.807, 2.05) is 12.2 Å². The molecule has 2 saturated heterocycles. The zero-order chi connectivity index (χ0) is 15.9. The Labute approximate surface area is 133 Å². The third-order valence-electron chi connectivity index (χ3n) is 5.50. The number of likely N-dealkylation sites (tertiary alicyclic amines) is 1. The van der Waals surface area contributed by atoms with E-state index < -0.39 is 0 Å². The van der Waals surface area contributed by atoms with Gasteiger partial charge >= 0.3 is 0 Å². The zero-order valence-electron chi connectivity index (χ0n) is 14.2. The van der Waals surface area contributed by atoms with Crippen LogP contribution in [0, 0.1) is 5.41 Å². The van der Waals surface area contributed by atoms with E-state index in [9.17, 15) is 4.79 Å². The third kappa shape index (κ3) is 2.62. The first-order valence-corrected chi connectivity index (χ1v) is 8.46. The Morgan fingerprint density at radius 1 is 1.27 bits per heavy atom. The average molecular weight is 301 g/mol. The molecule has 1 aliphatic carbocycles. The molecule has 2 aliphatic heterocycles. The van der Waals surface area contributed by atoms with Crippen molar-refractivity contribution in [1.82, 2.24) is 4.90 Å². The third-order valence-corrected chi connectivity index (χ3v) is 5.50.